The second-order valence-corrected chi connectivity index (χ2v) is 5.78. The third kappa shape index (κ3) is 2.32. The molecule has 2 aromatic heterocycles. The number of carbonyl (C=O) groups is 2. The van der Waals surface area contributed by atoms with Gasteiger partial charge in [-0.2, -0.15) is 0 Å². The Morgan fingerprint density at radius 1 is 1.55 bits per heavy atom. The third-order valence-electron chi connectivity index (χ3n) is 3.34. The van der Waals surface area contributed by atoms with Crippen LogP contribution in [0.4, 0.5) is 5.69 Å². The van der Waals surface area contributed by atoms with Gasteiger partial charge in [0.2, 0.25) is 5.91 Å². The average molecular weight is 290 g/mol. The summed E-state index contributed by atoms with van der Waals surface area (Å²) in [6, 6.07) is 1.77. The summed E-state index contributed by atoms with van der Waals surface area (Å²) in [5, 5.41) is 6.51. The molecular formula is C13H14N4O2S. The summed E-state index contributed by atoms with van der Waals surface area (Å²) < 4.78 is 0.895. The SMILES string of the molecule is Nc1c(C(=O)NC2CCC(=O)NC2)sc2cnccc12. The molecular weight excluding hydrogens is 276 g/mol. The van der Waals surface area contributed by atoms with Crippen LogP contribution < -0.4 is 16.4 Å². The molecule has 6 nitrogen and oxygen atoms in total. The zero-order valence-corrected chi connectivity index (χ0v) is 11.5. The number of hydrogen-bond acceptors (Lipinski definition) is 5. The van der Waals surface area contributed by atoms with Gasteiger partial charge in [0.05, 0.1) is 10.4 Å². The molecule has 20 heavy (non-hydrogen) atoms. The predicted octanol–water partition coefficient (Wildman–Crippen LogP) is 0.887. The van der Waals surface area contributed by atoms with Crippen molar-refractivity contribution in [1.82, 2.24) is 15.6 Å². The van der Waals surface area contributed by atoms with Crippen molar-refractivity contribution in [2.75, 3.05) is 12.3 Å². The van der Waals surface area contributed by atoms with E-state index in [4.69, 9.17) is 5.73 Å². The molecule has 1 fully saturated rings. The van der Waals surface area contributed by atoms with E-state index in [2.05, 4.69) is 15.6 Å². The molecule has 1 saturated heterocycles. The van der Waals surface area contributed by atoms with E-state index >= 15 is 0 Å². The van der Waals surface area contributed by atoms with E-state index in [1.807, 2.05) is 0 Å². The van der Waals surface area contributed by atoms with Crippen molar-refractivity contribution >= 4 is 38.9 Å². The molecule has 1 unspecified atom stereocenters. The largest absolute Gasteiger partial charge is 0.397 e. The van der Waals surface area contributed by atoms with Gasteiger partial charge in [0, 0.05) is 36.8 Å². The third-order valence-corrected chi connectivity index (χ3v) is 4.49. The van der Waals surface area contributed by atoms with E-state index in [9.17, 15) is 9.59 Å². The van der Waals surface area contributed by atoms with Crippen LogP contribution in [-0.2, 0) is 4.79 Å². The van der Waals surface area contributed by atoms with Crippen LogP contribution in [-0.4, -0.2) is 29.4 Å². The van der Waals surface area contributed by atoms with Crippen LogP contribution in [0.1, 0.15) is 22.5 Å². The first-order valence-electron chi connectivity index (χ1n) is 6.34. The Morgan fingerprint density at radius 3 is 3.10 bits per heavy atom. The molecule has 1 aliphatic heterocycles. The number of carbonyl (C=O) groups excluding carboxylic acids is 2. The second-order valence-electron chi connectivity index (χ2n) is 4.73. The van der Waals surface area contributed by atoms with E-state index in [1.54, 1.807) is 18.5 Å². The standard InChI is InChI=1S/C13H14N4O2S/c14-11-8-3-4-15-6-9(8)20-12(11)13(19)17-7-1-2-10(18)16-5-7/h3-4,6-7H,1-2,5,14H2,(H,16,18)(H,17,19). The van der Waals surface area contributed by atoms with Crippen LogP contribution in [0.25, 0.3) is 10.1 Å². The van der Waals surface area contributed by atoms with Gasteiger partial charge in [-0.1, -0.05) is 0 Å². The summed E-state index contributed by atoms with van der Waals surface area (Å²) in [5.74, 6) is -0.159. The molecule has 0 spiro atoms. The van der Waals surface area contributed by atoms with Gasteiger partial charge in [-0.3, -0.25) is 14.6 Å². The highest BCUT2D eigenvalue weighted by molar-refractivity contribution is 7.21. The molecule has 4 N–H and O–H groups in total. The number of nitrogens with two attached hydrogens (primary N) is 1. The van der Waals surface area contributed by atoms with Crippen molar-refractivity contribution in [2.24, 2.45) is 0 Å². The number of hydrogen-bond donors (Lipinski definition) is 3. The zero-order valence-electron chi connectivity index (χ0n) is 10.7. The van der Waals surface area contributed by atoms with Crippen molar-refractivity contribution in [2.45, 2.75) is 18.9 Å². The molecule has 2 amide bonds. The average Bonchev–Trinajstić information content (AvgIpc) is 2.79. The molecule has 3 heterocycles. The van der Waals surface area contributed by atoms with Gasteiger partial charge < -0.3 is 16.4 Å². The smallest absolute Gasteiger partial charge is 0.263 e. The number of piperidine rings is 1. The van der Waals surface area contributed by atoms with Crippen molar-refractivity contribution in [3.05, 3.63) is 23.3 Å². The normalized spacial score (nSPS) is 18.8. The molecule has 0 aliphatic carbocycles. The Morgan fingerprint density at radius 2 is 2.40 bits per heavy atom. The second kappa shape index (κ2) is 5.09. The van der Waals surface area contributed by atoms with Crippen LogP contribution in [0.15, 0.2) is 18.5 Å². The van der Waals surface area contributed by atoms with Gasteiger partial charge in [-0.25, -0.2) is 0 Å². The molecule has 104 valence electrons. The first kappa shape index (κ1) is 12.9. The van der Waals surface area contributed by atoms with E-state index in [1.165, 1.54) is 11.3 Å². The van der Waals surface area contributed by atoms with Crippen LogP contribution in [0.5, 0.6) is 0 Å². The van der Waals surface area contributed by atoms with Gasteiger partial charge >= 0.3 is 0 Å². The Bertz CT molecular complexity index is 672. The monoisotopic (exact) mass is 290 g/mol. The first-order chi connectivity index (χ1) is 9.65. The molecule has 0 radical (unpaired) electrons. The molecule has 0 aromatic carbocycles. The van der Waals surface area contributed by atoms with Crippen molar-refractivity contribution in [1.29, 1.82) is 0 Å². The van der Waals surface area contributed by atoms with Crippen LogP contribution in [0.2, 0.25) is 0 Å². The Hall–Kier alpha value is -2.15. The summed E-state index contributed by atoms with van der Waals surface area (Å²) in [5.41, 5.74) is 6.51. The molecule has 1 aliphatic rings. The number of nitrogens with zero attached hydrogens (tertiary/aromatic N) is 1. The number of pyridine rings is 1. The van der Waals surface area contributed by atoms with E-state index in [0.717, 1.165) is 10.1 Å². The Balaban J connectivity index is 1.79. The fourth-order valence-corrected chi connectivity index (χ4v) is 3.24. The minimum absolute atomic E-state index is 0.0305. The van der Waals surface area contributed by atoms with Gasteiger partial charge in [-0.15, -0.1) is 11.3 Å². The molecule has 0 bridgehead atoms. The van der Waals surface area contributed by atoms with Crippen LogP contribution >= 0.6 is 11.3 Å². The topological polar surface area (TPSA) is 97.1 Å². The number of aromatic nitrogens is 1. The number of fused-ring (bicyclic) bond motifs is 1. The lowest BCUT2D eigenvalue weighted by atomic mass is 10.1. The molecule has 7 heteroatoms. The quantitative estimate of drug-likeness (QED) is 0.765. The number of nitrogens with one attached hydrogen (secondary N) is 2. The summed E-state index contributed by atoms with van der Waals surface area (Å²) in [6.45, 7) is 0.469. The highest BCUT2D eigenvalue weighted by Gasteiger charge is 2.22. The summed E-state index contributed by atoms with van der Waals surface area (Å²) in [7, 11) is 0. The summed E-state index contributed by atoms with van der Waals surface area (Å²) in [6.07, 6.45) is 4.46. The van der Waals surface area contributed by atoms with E-state index in [-0.39, 0.29) is 17.9 Å². The highest BCUT2D eigenvalue weighted by Crippen LogP contribution is 2.32. The maximum atomic E-state index is 12.3. The Kier molecular flexibility index (Phi) is 3.27. The molecule has 1 atom stereocenters. The number of thiophene rings is 1. The predicted molar refractivity (Wildman–Crippen MR) is 77.5 cm³/mol. The van der Waals surface area contributed by atoms with Crippen molar-refractivity contribution in [3.8, 4) is 0 Å². The first-order valence-corrected chi connectivity index (χ1v) is 7.16. The molecule has 2 aromatic rings. The lowest BCUT2D eigenvalue weighted by Gasteiger charge is -2.23. The van der Waals surface area contributed by atoms with E-state index < -0.39 is 0 Å². The molecule has 0 saturated carbocycles. The zero-order chi connectivity index (χ0) is 14.1. The fourth-order valence-electron chi connectivity index (χ4n) is 2.25. The summed E-state index contributed by atoms with van der Waals surface area (Å²) in [4.78, 5) is 27.9. The van der Waals surface area contributed by atoms with E-state index in [0.29, 0.717) is 30.0 Å². The fraction of sp³-hybridized carbons (Fsp3) is 0.308. The Labute approximate surface area is 119 Å². The minimum Gasteiger partial charge on any atom is -0.397 e. The molecule has 3 rings (SSSR count). The van der Waals surface area contributed by atoms with Gasteiger partial charge in [0.25, 0.3) is 5.91 Å². The number of anilines is 1. The van der Waals surface area contributed by atoms with Gasteiger partial charge in [-0.05, 0) is 12.5 Å². The van der Waals surface area contributed by atoms with Crippen LogP contribution in [0, 0.1) is 0 Å². The highest BCUT2D eigenvalue weighted by atomic mass is 32.1. The number of rotatable bonds is 2. The number of amides is 2. The maximum absolute atomic E-state index is 12.3. The van der Waals surface area contributed by atoms with Crippen LogP contribution in [0.3, 0.4) is 0 Å². The van der Waals surface area contributed by atoms with Crippen molar-refractivity contribution in [3.63, 3.8) is 0 Å². The van der Waals surface area contributed by atoms with Gasteiger partial charge in [0.15, 0.2) is 0 Å². The lowest BCUT2D eigenvalue weighted by Crippen LogP contribution is -2.47. The minimum atomic E-state index is -0.190. The number of nitrogen functional groups attached to an aromatic ring is 1. The lowest BCUT2D eigenvalue weighted by molar-refractivity contribution is -0.122. The summed E-state index contributed by atoms with van der Waals surface area (Å²) >= 11 is 1.33. The van der Waals surface area contributed by atoms with Crippen molar-refractivity contribution < 1.29 is 9.59 Å². The van der Waals surface area contributed by atoms with Gasteiger partial charge in [0.1, 0.15) is 4.88 Å². The maximum Gasteiger partial charge on any atom is 0.263 e.